The SMILES string of the molecule is O=C(O)CCCC(C(=O)Nc1ccc(Cl)cc1O)C(O)COCCNC(=O)c1ccccc1I. The van der Waals surface area contributed by atoms with Crippen LogP contribution in [0.15, 0.2) is 42.5 Å². The van der Waals surface area contributed by atoms with Crippen molar-refractivity contribution in [2.75, 3.05) is 25.1 Å². The van der Waals surface area contributed by atoms with Crippen molar-refractivity contribution in [1.82, 2.24) is 5.32 Å². The van der Waals surface area contributed by atoms with Gasteiger partial charge in [0.1, 0.15) is 5.75 Å². The lowest BCUT2D eigenvalue weighted by Crippen LogP contribution is -2.37. The number of aromatic hydroxyl groups is 1. The lowest BCUT2D eigenvalue weighted by atomic mass is 9.95. The van der Waals surface area contributed by atoms with Crippen molar-refractivity contribution in [3.05, 3.63) is 56.6 Å². The maximum atomic E-state index is 12.8. The highest BCUT2D eigenvalue weighted by atomic mass is 127. The molecule has 0 saturated heterocycles. The molecule has 184 valence electrons. The number of amides is 2. The first-order valence-corrected chi connectivity index (χ1v) is 11.9. The third kappa shape index (κ3) is 9.09. The molecular weight excluding hydrogens is 579 g/mol. The Labute approximate surface area is 215 Å². The molecule has 0 aromatic heterocycles. The van der Waals surface area contributed by atoms with Gasteiger partial charge in [0.25, 0.3) is 5.91 Å². The lowest BCUT2D eigenvalue weighted by Gasteiger charge is -2.22. The van der Waals surface area contributed by atoms with Gasteiger partial charge in [0.15, 0.2) is 0 Å². The zero-order valence-electron chi connectivity index (χ0n) is 18.2. The summed E-state index contributed by atoms with van der Waals surface area (Å²) in [5.74, 6) is -3.06. The molecule has 2 atom stereocenters. The maximum Gasteiger partial charge on any atom is 0.303 e. The topological polar surface area (TPSA) is 145 Å². The minimum atomic E-state index is -1.23. The molecule has 2 aromatic rings. The number of phenols is 1. The molecule has 5 N–H and O–H groups in total. The number of ether oxygens (including phenoxy) is 1. The molecule has 2 aromatic carbocycles. The van der Waals surface area contributed by atoms with E-state index in [1.165, 1.54) is 18.2 Å². The smallest absolute Gasteiger partial charge is 0.303 e. The second kappa shape index (κ2) is 14.1. The van der Waals surface area contributed by atoms with Crippen LogP contribution in [0.1, 0.15) is 29.6 Å². The summed E-state index contributed by atoms with van der Waals surface area (Å²) in [5, 5.41) is 34.9. The number of nitrogens with one attached hydrogen (secondary N) is 2. The fourth-order valence-corrected chi connectivity index (χ4v) is 3.90. The zero-order valence-corrected chi connectivity index (χ0v) is 21.1. The monoisotopic (exact) mass is 604 g/mol. The number of carbonyl (C=O) groups is 3. The summed E-state index contributed by atoms with van der Waals surface area (Å²) < 4.78 is 6.25. The number of phenolic OH excluding ortho intramolecular Hbond substituents is 1. The molecule has 34 heavy (non-hydrogen) atoms. The predicted octanol–water partition coefficient (Wildman–Crippen LogP) is 3.27. The molecule has 2 rings (SSSR count). The Morgan fingerprint density at radius 1 is 1.15 bits per heavy atom. The number of anilines is 1. The van der Waals surface area contributed by atoms with Crippen molar-refractivity contribution in [2.45, 2.75) is 25.4 Å². The highest BCUT2D eigenvalue weighted by Gasteiger charge is 2.27. The first-order chi connectivity index (χ1) is 16.2. The van der Waals surface area contributed by atoms with Crippen molar-refractivity contribution in [3.63, 3.8) is 0 Å². The standard InChI is InChI=1S/C23H26ClIN2O7/c24-14-8-9-18(19(28)12-14)27-23(33)16(5-3-7-21(30)31)20(29)13-34-11-10-26-22(32)15-4-1-2-6-17(15)25/h1-2,4,6,8-9,12,16,20,28-29H,3,5,7,10-11,13H2,(H,26,32)(H,27,33)(H,30,31). The number of aliphatic carboxylic acids is 1. The molecule has 0 fully saturated rings. The van der Waals surface area contributed by atoms with Gasteiger partial charge in [-0.2, -0.15) is 0 Å². The normalized spacial score (nSPS) is 12.6. The van der Waals surface area contributed by atoms with Crippen LogP contribution >= 0.6 is 34.2 Å². The first-order valence-electron chi connectivity index (χ1n) is 10.5. The minimum Gasteiger partial charge on any atom is -0.506 e. The van der Waals surface area contributed by atoms with Gasteiger partial charge in [-0.25, -0.2) is 0 Å². The van der Waals surface area contributed by atoms with E-state index in [9.17, 15) is 24.6 Å². The van der Waals surface area contributed by atoms with E-state index in [4.69, 9.17) is 21.4 Å². The Morgan fingerprint density at radius 3 is 2.56 bits per heavy atom. The summed E-state index contributed by atoms with van der Waals surface area (Å²) >= 11 is 7.87. The number of benzene rings is 2. The van der Waals surface area contributed by atoms with Gasteiger partial charge in [-0.05, 0) is 59.7 Å². The molecule has 9 nitrogen and oxygen atoms in total. The number of rotatable bonds is 13. The number of hydrogen-bond acceptors (Lipinski definition) is 6. The molecule has 0 spiro atoms. The van der Waals surface area contributed by atoms with Gasteiger partial charge >= 0.3 is 5.97 Å². The number of hydrogen-bond donors (Lipinski definition) is 5. The van der Waals surface area contributed by atoms with E-state index in [0.717, 1.165) is 3.57 Å². The van der Waals surface area contributed by atoms with Crippen LogP contribution in [0.4, 0.5) is 5.69 Å². The second-order valence-corrected chi connectivity index (χ2v) is 9.02. The van der Waals surface area contributed by atoms with Gasteiger partial charge in [-0.1, -0.05) is 23.7 Å². The number of carbonyl (C=O) groups excluding carboxylic acids is 2. The van der Waals surface area contributed by atoms with E-state index in [2.05, 4.69) is 33.2 Å². The molecule has 0 aliphatic heterocycles. The van der Waals surface area contributed by atoms with Crippen LogP contribution in [0.25, 0.3) is 0 Å². The molecule has 0 aliphatic carbocycles. The van der Waals surface area contributed by atoms with E-state index in [1.807, 2.05) is 12.1 Å². The van der Waals surface area contributed by atoms with E-state index < -0.39 is 23.9 Å². The number of carboxylic acids is 1. The molecule has 2 unspecified atom stereocenters. The van der Waals surface area contributed by atoms with Gasteiger partial charge in [-0.3, -0.25) is 14.4 Å². The Bertz CT molecular complexity index is 1010. The van der Waals surface area contributed by atoms with E-state index in [0.29, 0.717) is 5.56 Å². The average Bonchev–Trinajstić information content (AvgIpc) is 2.78. The highest BCUT2D eigenvalue weighted by molar-refractivity contribution is 14.1. The molecule has 0 heterocycles. The summed E-state index contributed by atoms with van der Waals surface area (Å²) in [4.78, 5) is 35.8. The van der Waals surface area contributed by atoms with Gasteiger partial charge in [0.2, 0.25) is 5.91 Å². The van der Waals surface area contributed by atoms with Crippen molar-refractivity contribution in [1.29, 1.82) is 0 Å². The Kier molecular flexibility index (Phi) is 11.5. The van der Waals surface area contributed by atoms with Gasteiger partial charge < -0.3 is 30.7 Å². The molecular formula is C23H26ClIN2O7. The third-order valence-corrected chi connectivity index (χ3v) is 6.04. The fourth-order valence-electron chi connectivity index (χ4n) is 3.10. The van der Waals surface area contributed by atoms with E-state index in [1.54, 1.807) is 12.1 Å². The van der Waals surface area contributed by atoms with Gasteiger partial charge in [0, 0.05) is 27.6 Å². The summed E-state index contributed by atoms with van der Waals surface area (Å²) in [7, 11) is 0. The lowest BCUT2D eigenvalue weighted by molar-refractivity contribution is -0.137. The van der Waals surface area contributed by atoms with Gasteiger partial charge in [-0.15, -0.1) is 0 Å². The first kappa shape index (κ1) is 27.8. The fraction of sp³-hybridized carbons (Fsp3) is 0.348. The average molecular weight is 605 g/mol. The number of carboxylic acid groups (broad SMARTS) is 1. The minimum absolute atomic E-state index is 0.0974. The molecule has 0 aliphatic rings. The molecule has 2 amide bonds. The Hall–Kier alpha value is -2.41. The van der Waals surface area contributed by atoms with Crippen molar-refractivity contribution < 1.29 is 34.4 Å². The Balaban J connectivity index is 1.88. The van der Waals surface area contributed by atoms with Crippen molar-refractivity contribution in [2.24, 2.45) is 5.92 Å². The summed E-state index contributed by atoms with van der Waals surface area (Å²) in [6.07, 6.45) is -1.12. The van der Waals surface area contributed by atoms with E-state index in [-0.39, 0.29) is 61.4 Å². The van der Waals surface area contributed by atoms with Crippen LogP contribution in [-0.2, 0) is 14.3 Å². The number of aliphatic hydroxyl groups is 1. The third-order valence-electron chi connectivity index (χ3n) is 4.86. The maximum absolute atomic E-state index is 12.8. The van der Waals surface area contributed by atoms with E-state index >= 15 is 0 Å². The van der Waals surface area contributed by atoms with Crippen LogP contribution in [0.5, 0.6) is 5.75 Å². The molecule has 0 bridgehead atoms. The quantitative estimate of drug-likeness (QED) is 0.134. The molecule has 0 radical (unpaired) electrons. The van der Waals surface area contributed by atoms with Crippen LogP contribution in [0, 0.1) is 9.49 Å². The summed E-state index contributed by atoms with van der Waals surface area (Å²) in [6.45, 7) is 0.106. The largest absolute Gasteiger partial charge is 0.506 e. The predicted molar refractivity (Wildman–Crippen MR) is 135 cm³/mol. The zero-order chi connectivity index (χ0) is 25.1. The van der Waals surface area contributed by atoms with Crippen LogP contribution in [-0.4, -0.2) is 59.0 Å². The summed E-state index contributed by atoms with van der Waals surface area (Å²) in [6, 6.07) is 11.3. The van der Waals surface area contributed by atoms with Crippen molar-refractivity contribution in [3.8, 4) is 5.75 Å². The number of aliphatic hydroxyl groups excluding tert-OH is 1. The van der Waals surface area contributed by atoms with Crippen LogP contribution in [0.3, 0.4) is 0 Å². The summed E-state index contributed by atoms with van der Waals surface area (Å²) in [5.41, 5.74) is 0.660. The Morgan fingerprint density at radius 2 is 1.88 bits per heavy atom. The number of halogens is 2. The van der Waals surface area contributed by atoms with Gasteiger partial charge in [0.05, 0.1) is 36.5 Å². The molecule has 0 saturated carbocycles. The molecule has 11 heteroatoms. The highest BCUT2D eigenvalue weighted by Crippen LogP contribution is 2.28. The van der Waals surface area contributed by atoms with Crippen LogP contribution in [0.2, 0.25) is 5.02 Å². The van der Waals surface area contributed by atoms with Crippen molar-refractivity contribution >= 4 is 57.7 Å². The second-order valence-electron chi connectivity index (χ2n) is 7.42. The van der Waals surface area contributed by atoms with Crippen LogP contribution < -0.4 is 10.6 Å².